The van der Waals surface area contributed by atoms with Gasteiger partial charge in [-0.25, -0.2) is 4.98 Å². The van der Waals surface area contributed by atoms with Gasteiger partial charge in [-0.15, -0.1) is 0 Å². The Bertz CT molecular complexity index is 941. The topological polar surface area (TPSA) is 70.5 Å². The van der Waals surface area contributed by atoms with Crippen LogP contribution in [0.3, 0.4) is 0 Å². The van der Waals surface area contributed by atoms with Gasteiger partial charge in [0.15, 0.2) is 0 Å². The van der Waals surface area contributed by atoms with E-state index in [0.29, 0.717) is 46.9 Å². The van der Waals surface area contributed by atoms with Crippen molar-refractivity contribution in [2.75, 3.05) is 32.0 Å². The largest absolute Gasteiger partial charge is 0.330 e. The highest BCUT2D eigenvalue weighted by atomic mass is 35.5. The number of nitrogens with one attached hydrogen (secondary N) is 1. The zero-order chi connectivity index (χ0) is 21.0. The molecule has 0 bridgehead atoms. The Morgan fingerprint density at radius 2 is 2.10 bits per heavy atom. The number of halogens is 2. The summed E-state index contributed by atoms with van der Waals surface area (Å²) in [7, 11) is 2.00. The second-order valence-corrected chi connectivity index (χ2v) is 7.65. The minimum Gasteiger partial charge on any atom is -0.330 e. The van der Waals surface area contributed by atoms with Gasteiger partial charge >= 0.3 is 0 Å². The fraction of sp³-hybridized carbons (Fsp3) is 0.350. The third kappa shape index (κ3) is 5.18. The zero-order valence-corrected chi connectivity index (χ0v) is 17.9. The molecule has 29 heavy (non-hydrogen) atoms. The molecular weight excluding hydrogens is 413 g/mol. The van der Waals surface area contributed by atoms with Crippen molar-refractivity contribution in [3.05, 3.63) is 58.1 Å². The Kier molecular flexibility index (Phi) is 6.95. The van der Waals surface area contributed by atoms with Gasteiger partial charge in [0.05, 0.1) is 23.5 Å². The molecule has 2 amide bonds. The number of carbonyl (C=O) groups is 2. The molecule has 3 rings (SSSR count). The van der Waals surface area contributed by atoms with Crippen LogP contribution in [-0.2, 0) is 17.9 Å². The van der Waals surface area contributed by atoms with E-state index in [9.17, 15) is 9.59 Å². The maximum atomic E-state index is 12.7. The Hall–Kier alpha value is -2.35. The highest BCUT2D eigenvalue weighted by molar-refractivity contribution is 6.36. The Morgan fingerprint density at radius 3 is 2.83 bits per heavy atom. The van der Waals surface area contributed by atoms with Gasteiger partial charge in [-0.2, -0.15) is 0 Å². The number of aromatic nitrogens is 2. The van der Waals surface area contributed by atoms with Gasteiger partial charge in [0.1, 0.15) is 11.5 Å². The van der Waals surface area contributed by atoms with Crippen LogP contribution < -0.4 is 5.32 Å². The number of carbonyl (C=O) groups excluding carboxylic acids is 2. The van der Waals surface area contributed by atoms with Crippen molar-refractivity contribution in [2.24, 2.45) is 0 Å². The van der Waals surface area contributed by atoms with Gasteiger partial charge in [0.2, 0.25) is 5.91 Å². The number of hydrogen-bond acceptors (Lipinski definition) is 4. The van der Waals surface area contributed by atoms with Crippen LogP contribution in [0.2, 0.25) is 10.0 Å². The molecule has 9 heteroatoms. The second-order valence-electron chi connectivity index (χ2n) is 6.81. The van der Waals surface area contributed by atoms with Gasteiger partial charge in [-0.3, -0.25) is 9.59 Å². The van der Waals surface area contributed by atoms with Gasteiger partial charge in [-0.05, 0) is 31.8 Å². The summed E-state index contributed by atoms with van der Waals surface area (Å²) < 4.78 is 1.83. The van der Waals surface area contributed by atoms with Crippen LogP contribution >= 0.6 is 23.2 Å². The molecule has 0 atom stereocenters. The molecule has 0 spiro atoms. The van der Waals surface area contributed by atoms with Gasteiger partial charge in [0.25, 0.3) is 5.91 Å². The summed E-state index contributed by atoms with van der Waals surface area (Å²) in [6.07, 6.45) is 4.98. The molecule has 154 valence electrons. The number of benzene rings is 1. The van der Waals surface area contributed by atoms with E-state index < -0.39 is 0 Å². The van der Waals surface area contributed by atoms with Crippen LogP contribution in [0.4, 0.5) is 5.69 Å². The number of likely N-dealkylation sites (N-methyl/N-ethyl adjacent to an activating group) is 1. The maximum absolute atomic E-state index is 12.7. The third-order valence-corrected chi connectivity index (χ3v) is 5.35. The normalized spacial score (nSPS) is 13.8. The average Bonchev–Trinajstić information content (AvgIpc) is 3.13. The number of fused-ring (bicyclic) bond motifs is 1. The predicted molar refractivity (Wildman–Crippen MR) is 114 cm³/mol. The lowest BCUT2D eigenvalue weighted by molar-refractivity contribution is -0.127. The van der Waals surface area contributed by atoms with E-state index in [1.54, 1.807) is 29.2 Å². The fourth-order valence-electron chi connectivity index (χ4n) is 2.97. The Balaban J connectivity index is 1.65. The van der Waals surface area contributed by atoms with Gasteiger partial charge < -0.3 is 19.7 Å². The molecule has 1 N–H and O–H groups in total. The summed E-state index contributed by atoms with van der Waals surface area (Å²) >= 11 is 12.0. The van der Waals surface area contributed by atoms with E-state index in [1.807, 2.05) is 17.7 Å². The third-order valence-electron chi connectivity index (χ3n) is 4.81. The first kappa shape index (κ1) is 21.4. The van der Waals surface area contributed by atoms with Crippen LogP contribution in [0.25, 0.3) is 0 Å². The molecule has 1 aromatic heterocycles. The van der Waals surface area contributed by atoms with Crippen molar-refractivity contribution >= 4 is 40.7 Å². The van der Waals surface area contributed by atoms with Crippen molar-refractivity contribution in [2.45, 2.75) is 20.0 Å². The van der Waals surface area contributed by atoms with Crippen molar-refractivity contribution in [1.29, 1.82) is 0 Å². The van der Waals surface area contributed by atoms with Crippen molar-refractivity contribution in [3.8, 4) is 0 Å². The summed E-state index contributed by atoms with van der Waals surface area (Å²) in [5, 5.41) is 3.64. The minimum atomic E-state index is -0.310. The molecule has 0 radical (unpaired) electrons. The molecular formula is C20H23Cl2N5O2. The Labute approximate surface area is 179 Å². The fourth-order valence-corrected chi connectivity index (χ4v) is 3.43. The Morgan fingerprint density at radius 1 is 1.31 bits per heavy atom. The highest BCUT2D eigenvalue weighted by Crippen LogP contribution is 2.26. The van der Waals surface area contributed by atoms with Crippen molar-refractivity contribution in [3.63, 3.8) is 0 Å². The maximum Gasteiger partial charge on any atom is 0.273 e. The number of rotatable bonds is 6. The van der Waals surface area contributed by atoms with Crippen LogP contribution in [0.15, 0.2) is 36.5 Å². The van der Waals surface area contributed by atoms with E-state index in [-0.39, 0.29) is 11.8 Å². The molecule has 0 aliphatic carbocycles. The van der Waals surface area contributed by atoms with Gasteiger partial charge in [-0.1, -0.05) is 36.2 Å². The number of amides is 2. The molecule has 0 fully saturated rings. The van der Waals surface area contributed by atoms with E-state index >= 15 is 0 Å². The molecule has 2 heterocycles. The average molecular weight is 436 g/mol. The predicted octanol–water partition coefficient (Wildman–Crippen LogP) is 3.29. The van der Waals surface area contributed by atoms with E-state index in [4.69, 9.17) is 23.2 Å². The smallest absolute Gasteiger partial charge is 0.273 e. The van der Waals surface area contributed by atoms with Crippen molar-refractivity contribution in [1.82, 2.24) is 19.4 Å². The highest BCUT2D eigenvalue weighted by Gasteiger charge is 2.25. The summed E-state index contributed by atoms with van der Waals surface area (Å²) in [4.78, 5) is 33.2. The van der Waals surface area contributed by atoms with E-state index in [1.165, 1.54) is 6.20 Å². The summed E-state index contributed by atoms with van der Waals surface area (Å²) in [6.45, 7) is 5.09. The molecule has 1 aliphatic rings. The SMILES string of the molecule is CCN(C)C/C=C/C(=O)N1CCn2c(C(=O)Nc3ccc(Cl)cc3Cl)cnc2C1. The van der Waals surface area contributed by atoms with E-state index in [2.05, 4.69) is 22.1 Å². The first-order valence-electron chi connectivity index (χ1n) is 9.33. The number of hydrogen-bond donors (Lipinski definition) is 1. The molecule has 0 saturated carbocycles. The molecule has 0 unspecified atom stereocenters. The minimum absolute atomic E-state index is 0.0531. The lowest BCUT2D eigenvalue weighted by Crippen LogP contribution is -2.38. The molecule has 1 aromatic carbocycles. The van der Waals surface area contributed by atoms with Gasteiger partial charge in [0, 0.05) is 30.7 Å². The number of imidazole rings is 1. The van der Waals surface area contributed by atoms with Crippen LogP contribution in [-0.4, -0.2) is 57.8 Å². The summed E-state index contributed by atoms with van der Waals surface area (Å²) in [6, 6.07) is 4.88. The standard InChI is InChI=1S/C20H23Cl2N5O2/c1-3-25(2)8-4-5-19(28)26-9-10-27-17(12-23-18(27)13-26)20(29)24-16-7-6-14(21)11-15(16)22/h4-7,11-12H,3,8-10,13H2,1-2H3,(H,24,29)/b5-4+. The van der Waals surface area contributed by atoms with Crippen LogP contribution in [0.5, 0.6) is 0 Å². The molecule has 0 saturated heterocycles. The first-order chi connectivity index (χ1) is 13.9. The lowest BCUT2D eigenvalue weighted by atomic mass is 10.3. The lowest BCUT2D eigenvalue weighted by Gasteiger charge is -2.27. The van der Waals surface area contributed by atoms with Crippen LogP contribution in [0.1, 0.15) is 23.2 Å². The van der Waals surface area contributed by atoms with Crippen LogP contribution in [0, 0.1) is 0 Å². The van der Waals surface area contributed by atoms with Crippen molar-refractivity contribution < 1.29 is 9.59 Å². The number of anilines is 1. The quantitative estimate of drug-likeness (QED) is 0.706. The van der Waals surface area contributed by atoms with E-state index in [0.717, 1.165) is 13.1 Å². The zero-order valence-electron chi connectivity index (χ0n) is 16.4. The molecule has 1 aliphatic heterocycles. The summed E-state index contributed by atoms with van der Waals surface area (Å²) in [5.41, 5.74) is 0.907. The molecule has 7 nitrogen and oxygen atoms in total. The monoisotopic (exact) mass is 435 g/mol. The summed E-state index contributed by atoms with van der Waals surface area (Å²) in [5.74, 6) is 0.314. The second kappa shape index (κ2) is 9.43. The first-order valence-corrected chi connectivity index (χ1v) is 10.1. The molecule has 2 aromatic rings. The number of nitrogens with zero attached hydrogens (tertiary/aromatic N) is 4.